The highest BCUT2D eigenvalue weighted by molar-refractivity contribution is 6.33. The average Bonchev–Trinajstić information content (AvgIpc) is 2.93. The van der Waals surface area contributed by atoms with Crippen molar-refractivity contribution in [2.45, 2.75) is 19.9 Å². The van der Waals surface area contributed by atoms with Crippen molar-refractivity contribution in [1.82, 2.24) is 15.1 Å². The van der Waals surface area contributed by atoms with Crippen molar-refractivity contribution in [2.24, 2.45) is 0 Å². The number of hydrogen-bond donors (Lipinski definition) is 2. The standard InChI is InChI=1S/C15H16ClN3O3/c1-9(2)19(8-14(20)21)15(22)13-7-12(17-18-13)10-5-3-4-6-11(10)16/h3-7,9H,8H2,1-2H3,(H,17,18)(H,20,21). The molecule has 0 aliphatic heterocycles. The Morgan fingerprint density at radius 3 is 2.64 bits per heavy atom. The molecular weight excluding hydrogens is 306 g/mol. The van der Waals surface area contributed by atoms with Crippen LogP contribution in [0.4, 0.5) is 0 Å². The van der Waals surface area contributed by atoms with Crippen molar-refractivity contribution >= 4 is 23.5 Å². The van der Waals surface area contributed by atoms with Gasteiger partial charge in [-0.15, -0.1) is 0 Å². The summed E-state index contributed by atoms with van der Waals surface area (Å²) in [6.07, 6.45) is 0. The average molecular weight is 322 g/mol. The van der Waals surface area contributed by atoms with Gasteiger partial charge < -0.3 is 10.0 Å². The second-order valence-corrected chi connectivity index (χ2v) is 5.47. The number of hydrogen-bond acceptors (Lipinski definition) is 3. The van der Waals surface area contributed by atoms with Gasteiger partial charge in [0.1, 0.15) is 12.2 Å². The molecule has 2 aromatic rings. The molecular formula is C15H16ClN3O3. The number of aromatic amines is 1. The normalized spacial score (nSPS) is 10.7. The van der Waals surface area contributed by atoms with E-state index in [1.165, 1.54) is 4.90 Å². The van der Waals surface area contributed by atoms with Gasteiger partial charge in [0, 0.05) is 11.6 Å². The van der Waals surface area contributed by atoms with Gasteiger partial charge in [-0.05, 0) is 26.0 Å². The minimum atomic E-state index is -1.06. The van der Waals surface area contributed by atoms with Crippen LogP contribution in [-0.4, -0.2) is 44.7 Å². The summed E-state index contributed by atoms with van der Waals surface area (Å²) in [5.41, 5.74) is 1.46. The van der Waals surface area contributed by atoms with Crippen molar-refractivity contribution in [1.29, 1.82) is 0 Å². The van der Waals surface area contributed by atoms with Crippen LogP contribution in [0.25, 0.3) is 11.3 Å². The Morgan fingerprint density at radius 1 is 1.36 bits per heavy atom. The quantitative estimate of drug-likeness (QED) is 0.886. The van der Waals surface area contributed by atoms with Crippen LogP contribution in [0.15, 0.2) is 30.3 Å². The van der Waals surface area contributed by atoms with Crippen molar-refractivity contribution in [3.8, 4) is 11.3 Å². The molecule has 116 valence electrons. The molecule has 1 amide bonds. The minimum absolute atomic E-state index is 0.227. The smallest absolute Gasteiger partial charge is 0.323 e. The molecule has 1 aromatic carbocycles. The zero-order chi connectivity index (χ0) is 16.3. The van der Waals surface area contributed by atoms with E-state index >= 15 is 0 Å². The second kappa shape index (κ2) is 6.62. The van der Waals surface area contributed by atoms with Gasteiger partial charge in [-0.2, -0.15) is 5.10 Å². The highest BCUT2D eigenvalue weighted by Gasteiger charge is 2.23. The molecule has 0 saturated carbocycles. The predicted molar refractivity (Wildman–Crippen MR) is 82.8 cm³/mol. The summed E-state index contributed by atoms with van der Waals surface area (Å²) in [6.45, 7) is 3.15. The fourth-order valence-corrected chi connectivity index (χ4v) is 2.26. The lowest BCUT2D eigenvalue weighted by atomic mass is 10.1. The first-order valence-corrected chi connectivity index (χ1v) is 7.11. The van der Waals surface area contributed by atoms with E-state index in [2.05, 4.69) is 10.2 Å². The minimum Gasteiger partial charge on any atom is -0.480 e. The van der Waals surface area contributed by atoms with Gasteiger partial charge in [0.15, 0.2) is 0 Å². The number of carboxylic acid groups (broad SMARTS) is 1. The fraction of sp³-hybridized carbons (Fsp3) is 0.267. The Labute approximate surface area is 132 Å². The van der Waals surface area contributed by atoms with E-state index in [-0.39, 0.29) is 18.3 Å². The molecule has 0 unspecified atom stereocenters. The lowest BCUT2D eigenvalue weighted by Crippen LogP contribution is -2.40. The molecule has 0 saturated heterocycles. The van der Waals surface area contributed by atoms with Gasteiger partial charge in [0.2, 0.25) is 0 Å². The summed E-state index contributed by atoms with van der Waals surface area (Å²) < 4.78 is 0. The van der Waals surface area contributed by atoms with Crippen LogP contribution in [0.3, 0.4) is 0 Å². The third-order valence-electron chi connectivity index (χ3n) is 3.15. The second-order valence-electron chi connectivity index (χ2n) is 5.07. The van der Waals surface area contributed by atoms with Gasteiger partial charge >= 0.3 is 5.97 Å². The molecule has 0 atom stereocenters. The van der Waals surface area contributed by atoms with E-state index in [1.807, 2.05) is 6.07 Å². The molecule has 0 fully saturated rings. The summed E-state index contributed by atoms with van der Waals surface area (Å²) in [6, 6.07) is 8.49. The lowest BCUT2D eigenvalue weighted by Gasteiger charge is -2.23. The number of aliphatic carboxylic acids is 1. The molecule has 0 spiro atoms. The Balaban J connectivity index is 2.29. The van der Waals surface area contributed by atoms with Crippen LogP contribution in [0.2, 0.25) is 5.02 Å². The first-order valence-electron chi connectivity index (χ1n) is 6.73. The fourth-order valence-electron chi connectivity index (χ4n) is 2.03. The monoisotopic (exact) mass is 321 g/mol. The van der Waals surface area contributed by atoms with Crippen LogP contribution in [0, 0.1) is 0 Å². The Hall–Kier alpha value is -2.34. The topological polar surface area (TPSA) is 86.3 Å². The molecule has 2 rings (SSSR count). The lowest BCUT2D eigenvalue weighted by molar-refractivity contribution is -0.138. The van der Waals surface area contributed by atoms with Gasteiger partial charge in [0.25, 0.3) is 5.91 Å². The summed E-state index contributed by atoms with van der Waals surface area (Å²) in [7, 11) is 0. The molecule has 0 aliphatic rings. The van der Waals surface area contributed by atoms with Crippen molar-refractivity contribution < 1.29 is 14.7 Å². The number of nitrogens with one attached hydrogen (secondary N) is 1. The molecule has 22 heavy (non-hydrogen) atoms. The molecule has 7 heteroatoms. The first-order chi connectivity index (χ1) is 10.4. The van der Waals surface area contributed by atoms with Crippen LogP contribution in [-0.2, 0) is 4.79 Å². The van der Waals surface area contributed by atoms with Gasteiger partial charge in [-0.25, -0.2) is 0 Å². The van der Waals surface area contributed by atoms with Crippen LogP contribution >= 0.6 is 11.6 Å². The molecule has 2 N–H and O–H groups in total. The molecule has 1 heterocycles. The number of amides is 1. The summed E-state index contributed by atoms with van der Waals surface area (Å²) >= 11 is 6.10. The third-order valence-corrected chi connectivity index (χ3v) is 3.48. The first kappa shape index (κ1) is 16.0. The molecule has 1 aromatic heterocycles. The van der Waals surface area contributed by atoms with E-state index in [4.69, 9.17) is 16.7 Å². The van der Waals surface area contributed by atoms with Gasteiger partial charge in [-0.1, -0.05) is 29.8 Å². The Kier molecular flexibility index (Phi) is 4.82. The van der Waals surface area contributed by atoms with E-state index in [0.717, 1.165) is 0 Å². The van der Waals surface area contributed by atoms with E-state index in [0.29, 0.717) is 16.3 Å². The SMILES string of the molecule is CC(C)N(CC(=O)O)C(=O)c1cc(-c2ccccc2Cl)n[nH]1. The third kappa shape index (κ3) is 3.46. The van der Waals surface area contributed by atoms with E-state index < -0.39 is 11.9 Å². The van der Waals surface area contributed by atoms with Gasteiger partial charge in [0.05, 0.1) is 10.7 Å². The van der Waals surface area contributed by atoms with E-state index in [1.54, 1.807) is 38.1 Å². The molecule has 0 aliphatic carbocycles. The Morgan fingerprint density at radius 2 is 2.05 bits per heavy atom. The summed E-state index contributed by atoms with van der Waals surface area (Å²) in [4.78, 5) is 24.6. The maximum Gasteiger partial charge on any atom is 0.323 e. The molecule has 6 nitrogen and oxygen atoms in total. The Bertz CT molecular complexity index is 697. The van der Waals surface area contributed by atoms with Crippen LogP contribution < -0.4 is 0 Å². The number of nitrogens with zero attached hydrogens (tertiary/aromatic N) is 2. The number of carbonyl (C=O) groups is 2. The highest BCUT2D eigenvalue weighted by atomic mass is 35.5. The number of benzene rings is 1. The number of carbonyl (C=O) groups excluding carboxylic acids is 1. The summed E-state index contributed by atoms with van der Waals surface area (Å²) in [5, 5.41) is 16.2. The molecule has 0 radical (unpaired) electrons. The van der Waals surface area contributed by atoms with Gasteiger partial charge in [-0.3, -0.25) is 14.7 Å². The van der Waals surface area contributed by atoms with Crippen molar-refractivity contribution in [3.05, 3.63) is 41.0 Å². The predicted octanol–water partition coefficient (Wildman–Crippen LogP) is 2.67. The van der Waals surface area contributed by atoms with Crippen molar-refractivity contribution in [2.75, 3.05) is 6.54 Å². The zero-order valence-electron chi connectivity index (χ0n) is 12.2. The summed E-state index contributed by atoms with van der Waals surface area (Å²) in [5.74, 6) is -1.48. The number of halogens is 1. The molecule has 0 bridgehead atoms. The number of rotatable bonds is 5. The number of carboxylic acids is 1. The number of aromatic nitrogens is 2. The zero-order valence-corrected chi connectivity index (χ0v) is 13.0. The van der Waals surface area contributed by atoms with Crippen LogP contribution in [0.1, 0.15) is 24.3 Å². The van der Waals surface area contributed by atoms with Crippen molar-refractivity contribution in [3.63, 3.8) is 0 Å². The number of H-pyrrole nitrogens is 1. The maximum atomic E-state index is 12.4. The maximum absolute atomic E-state index is 12.4. The van der Waals surface area contributed by atoms with Crippen LogP contribution in [0.5, 0.6) is 0 Å². The largest absolute Gasteiger partial charge is 0.480 e. The highest BCUT2D eigenvalue weighted by Crippen LogP contribution is 2.26. The van der Waals surface area contributed by atoms with E-state index in [9.17, 15) is 9.59 Å².